The smallest absolute Gasteiger partial charge is 0.258 e. The quantitative estimate of drug-likeness (QED) is 0.791. The molecule has 148 valence electrons. The molecule has 0 saturated carbocycles. The van der Waals surface area contributed by atoms with Gasteiger partial charge in [-0.2, -0.15) is 4.31 Å². The van der Waals surface area contributed by atoms with Crippen molar-refractivity contribution in [2.75, 3.05) is 24.5 Å². The first-order valence-corrected chi connectivity index (χ1v) is 11.4. The predicted molar refractivity (Wildman–Crippen MR) is 110 cm³/mol. The summed E-state index contributed by atoms with van der Waals surface area (Å²) in [5.41, 5.74) is 3.34. The van der Waals surface area contributed by atoms with Gasteiger partial charge in [0, 0.05) is 30.9 Å². The summed E-state index contributed by atoms with van der Waals surface area (Å²) in [6.45, 7) is 3.59. The van der Waals surface area contributed by atoms with Gasteiger partial charge in [0.2, 0.25) is 10.0 Å². The van der Waals surface area contributed by atoms with Crippen LogP contribution < -0.4 is 4.90 Å². The van der Waals surface area contributed by atoms with Crippen molar-refractivity contribution in [1.82, 2.24) is 4.31 Å². The summed E-state index contributed by atoms with van der Waals surface area (Å²) in [6, 6.07) is 12.8. The summed E-state index contributed by atoms with van der Waals surface area (Å²) in [5, 5.41) is 0. The molecule has 0 spiro atoms. The molecular formula is C22H26N2O3S. The summed E-state index contributed by atoms with van der Waals surface area (Å²) in [5.74, 6) is -0.129. The van der Waals surface area contributed by atoms with E-state index in [4.69, 9.17) is 0 Å². The van der Waals surface area contributed by atoms with Gasteiger partial charge >= 0.3 is 0 Å². The van der Waals surface area contributed by atoms with E-state index in [9.17, 15) is 13.2 Å². The fourth-order valence-corrected chi connectivity index (χ4v) is 5.66. The Bertz CT molecular complexity index is 993. The number of benzene rings is 2. The molecule has 28 heavy (non-hydrogen) atoms. The lowest BCUT2D eigenvalue weighted by atomic mass is 10.1. The van der Waals surface area contributed by atoms with Crippen molar-refractivity contribution in [1.29, 1.82) is 0 Å². The van der Waals surface area contributed by atoms with Gasteiger partial charge in [-0.15, -0.1) is 0 Å². The van der Waals surface area contributed by atoms with Crippen molar-refractivity contribution < 1.29 is 13.2 Å². The first-order valence-electron chi connectivity index (χ1n) is 9.99. The van der Waals surface area contributed by atoms with E-state index < -0.39 is 10.0 Å². The van der Waals surface area contributed by atoms with E-state index in [0.29, 0.717) is 25.2 Å². The number of hydrogen-bond acceptors (Lipinski definition) is 3. The van der Waals surface area contributed by atoms with Crippen LogP contribution in [0.15, 0.2) is 47.4 Å². The molecule has 1 amide bonds. The molecule has 0 radical (unpaired) electrons. The summed E-state index contributed by atoms with van der Waals surface area (Å²) in [4.78, 5) is 15.2. The maximum atomic E-state index is 13.3. The highest BCUT2D eigenvalue weighted by Crippen LogP contribution is 2.30. The molecule has 0 N–H and O–H groups in total. The second-order valence-electron chi connectivity index (χ2n) is 7.63. The zero-order chi connectivity index (χ0) is 19.7. The number of para-hydroxylation sites is 1. The van der Waals surface area contributed by atoms with E-state index in [0.717, 1.165) is 48.9 Å². The molecule has 2 aromatic rings. The van der Waals surface area contributed by atoms with Gasteiger partial charge in [0.15, 0.2) is 0 Å². The highest BCUT2D eigenvalue weighted by atomic mass is 32.2. The monoisotopic (exact) mass is 398 g/mol. The second kappa shape index (κ2) is 7.68. The Kier molecular flexibility index (Phi) is 5.25. The number of hydrogen-bond donors (Lipinski definition) is 0. The molecule has 2 aliphatic rings. The molecule has 1 fully saturated rings. The van der Waals surface area contributed by atoms with Crippen LogP contribution in [-0.4, -0.2) is 38.3 Å². The largest absolute Gasteiger partial charge is 0.308 e. The maximum Gasteiger partial charge on any atom is 0.258 e. The van der Waals surface area contributed by atoms with E-state index in [1.165, 1.54) is 0 Å². The van der Waals surface area contributed by atoms with E-state index in [1.54, 1.807) is 27.4 Å². The van der Waals surface area contributed by atoms with Crippen molar-refractivity contribution in [2.24, 2.45) is 0 Å². The molecule has 6 heteroatoms. The van der Waals surface area contributed by atoms with Crippen LogP contribution in [0.1, 0.15) is 47.2 Å². The number of nitrogens with zero attached hydrogens (tertiary/aromatic N) is 2. The van der Waals surface area contributed by atoms with Crippen LogP contribution in [0.2, 0.25) is 0 Å². The summed E-state index contributed by atoms with van der Waals surface area (Å²) in [7, 11) is -3.58. The van der Waals surface area contributed by atoms with Gasteiger partial charge in [-0.25, -0.2) is 8.42 Å². The number of rotatable bonds is 3. The van der Waals surface area contributed by atoms with E-state index >= 15 is 0 Å². The average molecular weight is 399 g/mol. The van der Waals surface area contributed by atoms with Gasteiger partial charge in [-0.3, -0.25) is 4.79 Å². The maximum absolute atomic E-state index is 13.3. The predicted octanol–water partition coefficient (Wildman–Crippen LogP) is 3.76. The standard InChI is InChI=1S/C22H26N2O3S/c1-17-10-11-19(28(26,27)23-13-6-2-3-7-14-23)16-20(17)22(25)24-15-12-18-8-4-5-9-21(18)24/h4-5,8-11,16H,2-3,6-7,12-15H2,1H3. The summed E-state index contributed by atoms with van der Waals surface area (Å²) >= 11 is 0. The van der Waals surface area contributed by atoms with Gasteiger partial charge in [0.25, 0.3) is 5.91 Å². The molecule has 4 rings (SSSR count). The van der Waals surface area contributed by atoms with Crippen molar-refractivity contribution >= 4 is 21.6 Å². The highest BCUT2D eigenvalue weighted by molar-refractivity contribution is 7.89. The van der Waals surface area contributed by atoms with Crippen LogP contribution in [0.4, 0.5) is 5.69 Å². The lowest BCUT2D eigenvalue weighted by Gasteiger charge is -2.22. The van der Waals surface area contributed by atoms with Crippen molar-refractivity contribution in [3.63, 3.8) is 0 Å². The topological polar surface area (TPSA) is 57.7 Å². The number of aryl methyl sites for hydroxylation is 1. The fraction of sp³-hybridized carbons (Fsp3) is 0.409. The van der Waals surface area contributed by atoms with Crippen LogP contribution in [0, 0.1) is 6.92 Å². The molecule has 2 heterocycles. The number of fused-ring (bicyclic) bond motifs is 1. The molecule has 0 atom stereocenters. The molecular weight excluding hydrogens is 372 g/mol. The number of carbonyl (C=O) groups excluding carboxylic acids is 1. The number of carbonyl (C=O) groups is 1. The molecule has 0 aromatic heterocycles. The fourth-order valence-electron chi connectivity index (χ4n) is 4.12. The Hall–Kier alpha value is -2.18. The van der Waals surface area contributed by atoms with E-state index in [1.807, 2.05) is 31.2 Å². The summed E-state index contributed by atoms with van der Waals surface area (Å²) < 4.78 is 27.9. The van der Waals surface area contributed by atoms with Gasteiger partial charge in [-0.05, 0) is 55.5 Å². The third-order valence-corrected chi connectivity index (χ3v) is 7.67. The molecule has 0 bridgehead atoms. The minimum atomic E-state index is -3.58. The minimum Gasteiger partial charge on any atom is -0.308 e. The molecule has 0 aliphatic carbocycles. The van der Waals surface area contributed by atoms with Gasteiger partial charge < -0.3 is 4.90 Å². The highest BCUT2D eigenvalue weighted by Gasteiger charge is 2.29. The number of amides is 1. The van der Waals surface area contributed by atoms with E-state index in [-0.39, 0.29) is 10.8 Å². The zero-order valence-electron chi connectivity index (χ0n) is 16.2. The zero-order valence-corrected chi connectivity index (χ0v) is 17.0. The van der Waals surface area contributed by atoms with Crippen LogP contribution in [-0.2, 0) is 16.4 Å². The Labute approximate surface area is 167 Å². The first kappa shape index (κ1) is 19.2. The van der Waals surface area contributed by atoms with Crippen LogP contribution >= 0.6 is 0 Å². The molecule has 1 saturated heterocycles. The Morgan fingerprint density at radius 3 is 2.39 bits per heavy atom. The van der Waals surface area contributed by atoms with Gasteiger partial charge in [0.05, 0.1) is 4.90 Å². The van der Waals surface area contributed by atoms with Crippen molar-refractivity contribution in [3.05, 3.63) is 59.2 Å². The first-order chi connectivity index (χ1) is 13.5. The van der Waals surface area contributed by atoms with E-state index in [2.05, 4.69) is 0 Å². The van der Waals surface area contributed by atoms with Crippen molar-refractivity contribution in [3.8, 4) is 0 Å². The van der Waals surface area contributed by atoms with Gasteiger partial charge in [0.1, 0.15) is 0 Å². The molecule has 2 aromatic carbocycles. The van der Waals surface area contributed by atoms with Crippen LogP contribution in [0.5, 0.6) is 0 Å². The lowest BCUT2D eigenvalue weighted by Crippen LogP contribution is -2.33. The minimum absolute atomic E-state index is 0.129. The Morgan fingerprint density at radius 2 is 1.64 bits per heavy atom. The van der Waals surface area contributed by atoms with Crippen molar-refractivity contribution in [2.45, 2.75) is 43.9 Å². The van der Waals surface area contributed by atoms with Gasteiger partial charge in [-0.1, -0.05) is 37.1 Å². The Morgan fingerprint density at radius 1 is 0.929 bits per heavy atom. The number of sulfonamides is 1. The van der Waals surface area contributed by atoms with Crippen LogP contribution in [0.3, 0.4) is 0 Å². The lowest BCUT2D eigenvalue weighted by molar-refractivity contribution is 0.0988. The molecule has 5 nitrogen and oxygen atoms in total. The third kappa shape index (κ3) is 3.47. The molecule has 0 unspecified atom stereocenters. The number of anilines is 1. The molecule has 2 aliphatic heterocycles. The van der Waals surface area contributed by atoms with Crippen LogP contribution in [0.25, 0.3) is 0 Å². The second-order valence-corrected chi connectivity index (χ2v) is 9.57. The normalized spacial score (nSPS) is 18.0. The third-order valence-electron chi connectivity index (χ3n) is 5.77. The average Bonchev–Trinajstić information content (AvgIpc) is 2.92. The summed E-state index contributed by atoms with van der Waals surface area (Å²) in [6.07, 6.45) is 4.74. The SMILES string of the molecule is Cc1ccc(S(=O)(=O)N2CCCCCC2)cc1C(=O)N1CCc2ccccc21. The Balaban J connectivity index is 1.67.